The van der Waals surface area contributed by atoms with E-state index in [0.29, 0.717) is 17.8 Å². The van der Waals surface area contributed by atoms with Crippen molar-refractivity contribution < 1.29 is 23.8 Å². The second kappa shape index (κ2) is 7.83. The Morgan fingerprint density at radius 2 is 2.00 bits per heavy atom. The van der Waals surface area contributed by atoms with Gasteiger partial charge in [-0.25, -0.2) is 9.59 Å². The third-order valence-corrected chi connectivity index (χ3v) is 3.80. The third kappa shape index (κ3) is 4.59. The highest BCUT2D eigenvalue weighted by molar-refractivity contribution is 5.85. The van der Waals surface area contributed by atoms with E-state index >= 15 is 0 Å². The lowest BCUT2D eigenvalue weighted by Gasteiger charge is -2.18. The van der Waals surface area contributed by atoms with E-state index in [9.17, 15) is 14.4 Å². The molecule has 0 aliphatic carbocycles. The molecule has 7 heteroatoms. The lowest BCUT2D eigenvalue weighted by atomic mass is 10.1. The van der Waals surface area contributed by atoms with E-state index in [4.69, 9.17) is 14.3 Å². The van der Waals surface area contributed by atoms with E-state index in [0.717, 1.165) is 10.9 Å². The molecule has 0 unspecified atom stereocenters. The Hall–Kier alpha value is -2.83. The molecule has 0 saturated heterocycles. The van der Waals surface area contributed by atoms with Gasteiger partial charge in [0, 0.05) is 17.5 Å². The number of rotatable bonds is 7. The van der Waals surface area contributed by atoms with Gasteiger partial charge in [0.05, 0.1) is 0 Å². The summed E-state index contributed by atoms with van der Waals surface area (Å²) in [7, 11) is 0. The van der Waals surface area contributed by atoms with Crippen molar-refractivity contribution in [3.8, 4) is 5.75 Å². The molecule has 0 aliphatic rings. The second-order valence-electron chi connectivity index (χ2n) is 6.02. The summed E-state index contributed by atoms with van der Waals surface area (Å²) >= 11 is 0. The van der Waals surface area contributed by atoms with E-state index in [2.05, 4.69) is 5.32 Å². The SMILES string of the molecule is CCc1cc(=O)oc2cc(OCC(=O)N[C@H](C(=O)O)C(C)C)ccc12. The Labute approximate surface area is 144 Å². The monoisotopic (exact) mass is 347 g/mol. The quantitative estimate of drug-likeness (QED) is 0.742. The number of carboxylic acid groups (broad SMARTS) is 1. The van der Waals surface area contributed by atoms with Gasteiger partial charge >= 0.3 is 11.6 Å². The predicted octanol–water partition coefficient (Wildman–Crippen LogP) is 1.96. The van der Waals surface area contributed by atoms with Crippen LogP contribution in [0.25, 0.3) is 11.0 Å². The maximum absolute atomic E-state index is 11.9. The molecule has 1 aromatic carbocycles. The molecule has 0 fully saturated rings. The predicted molar refractivity (Wildman–Crippen MR) is 91.8 cm³/mol. The van der Waals surface area contributed by atoms with Crippen LogP contribution < -0.4 is 15.7 Å². The van der Waals surface area contributed by atoms with Crippen LogP contribution in [0.2, 0.25) is 0 Å². The smallest absolute Gasteiger partial charge is 0.336 e. The van der Waals surface area contributed by atoms with Crippen molar-refractivity contribution in [2.75, 3.05) is 6.61 Å². The number of hydrogen-bond donors (Lipinski definition) is 2. The maximum atomic E-state index is 11.9. The summed E-state index contributed by atoms with van der Waals surface area (Å²) in [6.45, 7) is 5.02. The number of aryl methyl sites for hydroxylation is 1. The third-order valence-electron chi connectivity index (χ3n) is 3.80. The van der Waals surface area contributed by atoms with Crippen LogP contribution in [0.1, 0.15) is 26.3 Å². The van der Waals surface area contributed by atoms with Crippen molar-refractivity contribution in [3.05, 3.63) is 40.2 Å². The van der Waals surface area contributed by atoms with Crippen LogP contribution in [0.4, 0.5) is 0 Å². The lowest BCUT2D eigenvalue weighted by Crippen LogP contribution is -2.46. The summed E-state index contributed by atoms with van der Waals surface area (Å²) < 4.78 is 10.5. The molecule has 0 aliphatic heterocycles. The molecule has 0 radical (unpaired) electrons. The topological polar surface area (TPSA) is 106 Å². The van der Waals surface area contributed by atoms with Gasteiger partial charge in [0.1, 0.15) is 17.4 Å². The Morgan fingerprint density at radius 3 is 2.60 bits per heavy atom. The standard InChI is InChI=1S/C18H21NO6/c1-4-11-7-16(21)25-14-8-12(5-6-13(11)14)24-9-15(20)19-17(10(2)3)18(22)23/h5-8,10,17H,4,9H2,1-3H3,(H,19,20)(H,22,23)/t17-/m0/s1. The fourth-order valence-corrected chi connectivity index (χ4v) is 2.47. The number of amides is 1. The average Bonchev–Trinajstić information content (AvgIpc) is 2.55. The highest BCUT2D eigenvalue weighted by Crippen LogP contribution is 2.23. The van der Waals surface area contributed by atoms with Gasteiger partial charge in [-0.2, -0.15) is 0 Å². The van der Waals surface area contributed by atoms with Gasteiger partial charge < -0.3 is 19.6 Å². The molecular weight excluding hydrogens is 326 g/mol. The molecule has 0 saturated carbocycles. The molecule has 0 spiro atoms. The van der Waals surface area contributed by atoms with Crippen LogP contribution in [-0.4, -0.2) is 29.6 Å². The molecular formula is C18H21NO6. The number of nitrogens with one attached hydrogen (secondary N) is 1. The molecule has 1 amide bonds. The van der Waals surface area contributed by atoms with Crippen molar-refractivity contribution in [2.45, 2.75) is 33.2 Å². The summed E-state index contributed by atoms with van der Waals surface area (Å²) in [6.07, 6.45) is 0.691. The van der Waals surface area contributed by atoms with Gasteiger partial charge in [-0.3, -0.25) is 4.79 Å². The van der Waals surface area contributed by atoms with Gasteiger partial charge in [-0.05, 0) is 30.0 Å². The number of aliphatic carboxylic acids is 1. The van der Waals surface area contributed by atoms with Crippen LogP contribution in [0.5, 0.6) is 5.75 Å². The zero-order valence-electron chi connectivity index (χ0n) is 14.4. The molecule has 1 aromatic heterocycles. The molecule has 0 bridgehead atoms. The largest absolute Gasteiger partial charge is 0.484 e. The Kier molecular flexibility index (Phi) is 5.80. The first-order valence-electron chi connectivity index (χ1n) is 8.03. The van der Waals surface area contributed by atoms with Crippen molar-refractivity contribution in [1.29, 1.82) is 0 Å². The number of ether oxygens (including phenoxy) is 1. The summed E-state index contributed by atoms with van der Waals surface area (Å²) in [5, 5.41) is 12.3. The zero-order chi connectivity index (χ0) is 18.6. The first-order chi connectivity index (χ1) is 11.8. The van der Waals surface area contributed by atoms with E-state index in [1.807, 2.05) is 6.92 Å². The Balaban J connectivity index is 2.09. The summed E-state index contributed by atoms with van der Waals surface area (Å²) in [5.74, 6) is -1.52. The number of carbonyl (C=O) groups excluding carboxylic acids is 1. The fourth-order valence-electron chi connectivity index (χ4n) is 2.47. The Bertz CT molecular complexity index is 839. The molecule has 2 N–H and O–H groups in total. The van der Waals surface area contributed by atoms with Gasteiger partial charge in [0.15, 0.2) is 6.61 Å². The fraction of sp³-hybridized carbons (Fsp3) is 0.389. The van der Waals surface area contributed by atoms with Crippen LogP contribution in [-0.2, 0) is 16.0 Å². The van der Waals surface area contributed by atoms with E-state index in [1.54, 1.807) is 32.0 Å². The lowest BCUT2D eigenvalue weighted by molar-refractivity contribution is -0.143. The van der Waals surface area contributed by atoms with Crippen molar-refractivity contribution in [3.63, 3.8) is 0 Å². The van der Waals surface area contributed by atoms with E-state index in [1.165, 1.54) is 6.07 Å². The molecule has 25 heavy (non-hydrogen) atoms. The number of carbonyl (C=O) groups is 2. The minimum atomic E-state index is -1.09. The Morgan fingerprint density at radius 1 is 1.28 bits per heavy atom. The highest BCUT2D eigenvalue weighted by atomic mass is 16.5. The molecule has 2 rings (SSSR count). The van der Waals surface area contributed by atoms with Gasteiger partial charge in [-0.15, -0.1) is 0 Å². The molecule has 134 valence electrons. The summed E-state index contributed by atoms with van der Waals surface area (Å²) in [4.78, 5) is 34.5. The molecule has 7 nitrogen and oxygen atoms in total. The first kappa shape index (κ1) is 18.5. The number of carboxylic acids is 1. The average molecular weight is 347 g/mol. The van der Waals surface area contributed by atoms with Crippen LogP contribution in [0.3, 0.4) is 0 Å². The summed E-state index contributed by atoms with van der Waals surface area (Å²) in [5.41, 5.74) is 0.810. The minimum absolute atomic E-state index is 0.246. The maximum Gasteiger partial charge on any atom is 0.336 e. The number of benzene rings is 1. The first-order valence-corrected chi connectivity index (χ1v) is 8.03. The molecule has 1 heterocycles. The van der Waals surface area contributed by atoms with Crippen LogP contribution in [0.15, 0.2) is 33.5 Å². The van der Waals surface area contributed by atoms with Crippen molar-refractivity contribution in [1.82, 2.24) is 5.32 Å². The van der Waals surface area contributed by atoms with Crippen LogP contribution in [0, 0.1) is 5.92 Å². The van der Waals surface area contributed by atoms with Gasteiger partial charge in [0.25, 0.3) is 5.91 Å². The number of fused-ring (bicyclic) bond motifs is 1. The van der Waals surface area contributed by atoms with Gasteiger partial charge in [0.2, 0.25) is 0 Å². The van der Waals surface area contributed by atoms with Crippen molar-refractivity contribution >= 4 is 22.8 Å². The molecule has 1 atom stereocenters. The van der Waals surface area contributed by atoms with Crippen molar-refractivity contribution in [2.24, 2.45) is 5.92 Å². The molecule has 2 aromatic rings. The van der Waals surface area contributed by atoms with Crippen LogP contribution >= 0.6 is 0 Å². The highest BCUT2D eigenvalue weighted by Gasteiger charge is 2.23. The number of hydrogen-bond acceptors (Lipinski definition) is 5. The van der Waals surface area contributed by atoms with Gasteiger partial charge in [-0.1, -0.05) is 20.8 Å². The van der Waals surface area contributed by atoms with E-state index < -0.39 is 23.5 Å². The zero-order valence-corrected chi connectivity index (χ0v) is 14.4. The minimum Gasteiger partial charge on any atom is -0.484 e. The summed E-state index contributed by atoms with van der Waals surface area (Å²) in [6, 6.07) is 5.46. The second-order valence-corrected chi connectivity index (χ2v) is 6.02. The normalized spacial score (nSPS) is 12.2. The van der Waals surface area contributed by atoms with E-state index in [-0.39, 0.29) is 12.5 Å².